The number of aromatic nitrogens is 2. The molecular weight excluding hydrogens is 365 g/mol. The lowest BCUT2D eigenvalue weighted by atomic mass is 10.1. The summed E-state index contributed by atoms with van der Waals surface area (Å²) >= 11 is 0. The number of amides is 2. The van der Waals surface area contributed by atoms with Crippen LogP contribution in [0.1, 0.15) is 36.3 Å². The predicted molar refractivity (Wildman–Crippen MR) is 85.8 cm³/mol. The molecule has 144 valence electrons. The molecule has 10 heteroatoms. The Morgan fingerprint density at radius 1 is 1.44 bits per heavy atom. The molecule has 0 saturated carbocycles. The summed E-state index contributed by atoms with van der Waals surface area (Å²) in [6, 6.07) is 4.33. The first-order valence-corrected chi connectivity index (χ1v) is 8.24. The molecule has 3 rings (SSSR count). The molecule has 1 aromatic carbocycles. The zero-order valence-electron chi connectivity index (χ0n) is 14.4. The molecule has 1 saturated heterocycles. The third-order valence-electron chi connectivity index (χ3n) is 4.34. The molecule has 0 bridgehead atoms. The number of benzene rings is 1. The molecule has 27 heavy (non-hydrogen) atoms. The molecule has 0 unspecified atom stereocenters. The molecule has 7 nitrogen and oxygen atoms in total. The molecule has 1 aliphatic rings. The minimum atomic E-state index is -4.45. The van der Waals surface area contributed by atoms with E-state index in [0.29, 0.717) is 11.4 Å². The van der Waals surface area contributed by atoms with Crippen LogP contribution < -0.4 is 5.32 Å². The molecule has 1 fully saturated rings. The van der Waals surface area contributed by atoms with E-state index in [1.54, 1.807) is 6.92 Å². The van der Waals surface area contributed by atoms with E-state index >= 15 is 0 Å². The summed E-state index contributed by atoms with van der Waals surface area (Å²) in [5.41, 5.74) is -0.408. The summed E-state index contributed by atoms with van der Waals surface area (Å²) < 4.78 is 43.1. The maximum atomic E-state index is 12.8. The van der Waals surface area contributed by atoms with Crippen LogP contribution in [0.15, 0.2) is 35.2 Å². The SMILES string of the molecule is C[C@@H](NC(=O)[C@@H]1CC(=O)N(Cc2cccc(C(F)(F)F)c2)C1)c1ncon1. The van der Waals surface area contributed by atoms with Crippen LogP contribution >= 0.6 is 0 Å². The summed E-state index contributed by atoms with van der Waals surface area (Å²) in [6.07, 6.45) is -3.30. The summed E-state index contributed by atoms with van der Waals surface area (Å²) in [5.74, 6) is -0.891. The van der Waals surface area contributed by atoms with E-state index < -0.39 is 23.7 Å². The van der Waals surface area contributed by atoms with Gasteiger partial charge in [-0.15, -0.1) is 0 Å². The minimum absolute atomic E-state index is 0.00373. The third kappa shape index (κ3) is 4.44. The number of nitrogens with one attached hydrogen (secondary N) is 1. The summed E-state index contributed by atoms with van der Waals surface area (Å²) in [6.45, 7) is 1.84. The number of halogens is 3. The van der Waals surface area contributed by atoms with Gasteiger partial charge in [0, 0.05) is 19.5 Å². The van der Waals surface area contributed by atoms with Crippen molar-refractivity contribution in [3.05, 3.63) is 47.6 Å². The molecule has 2 amide bonds. The lowest BCUT2D eigenvalue weighted by Crippen LogP contribution is -2.34. The van der Waals surface area contributed by atoms with Crippen LogP contribution in [0.4, 0.5) is 13.2 Å². The van der Waals surface area contributed by atoms with Gasteiger partial charge < -0.3 is 14.7 Å². The molecule has 2 aromatic rings. The van der Waals surface area contributed by atoms with Crippen molar-refractivity contribution in [2.24, 2.45) is 5.92 Å². The van der Waals surface area contributed by atoms with Gasteiger partial charge in [-0.25, -0.2) is 0 Å². The average Bonchev–Trinajstić information content (AvgIpc) is 3.25. The van der Waals surface area contributed by atoms with Crippen LogP contribution in [0.25, 0.3) is 0 Å². The first-order chi connectivity index (χ1) is 12.7. The van der Waals surface area contributed by atoms with E-state index in [0.717, 1.165) is 18.5 Å². The van der Waals surface area contributed by atoms with Gasteiger partial charge in [-0.1, -0.05) is 17.3 Å². The maximum absolute atomic E-state index is 12.8. The number of nitrogens with zero attached hydrogens (tertiary/aromatic N) is 3. The van der Waals surface area contributed by atoms with Crippen molar-refractivity contribution < 1.29 is 27.3 Å². The topological polar surface area (TPSA) is 88.3 Å². The quantitative estimate of drug-likeness (QED) is 0.857. The van der Waals surface area contributed by atoms with E-state index in [1.807, 2.05) is 0 Å². The number of hydrogen-bond acceptors (Lipinski definition) is 5. The molecule has 1 aromatic heterocycles. The second kappa shape index (κ2) is 7.37. The van der Waals surface area contributed by atoms with Crippen LogP contribution in [-0.4, -0.2) is 33.4 Å². The zero-order chi connectivity index (χ0) is 19.6. The Labute approximate surface area is 152 Å². The number of carbonyl (C=O) groups is 2. The number of hydrogen-bond donors (Lipinski definition) is 1. The lowest BCUT2D eigenvalue weighted by Gasteiger charge is -2.18. The van der Waals surface area contributed by atoms with Gasteiger partial charge >= 0.3 is 6.18 Å². The zero-order valence-corrected chi connectivity index (χ0v) is 14.4. The van der Waals surface area contributed by atoms with Crippen LogP contribution in [-0.2, 0) is 22.3 Å². The Morgan fingerprint density at radius 2 is 2.22 bits per heavy atom. The van der Waals surface area contributed by atoms with Crippen LogP contribution in [0.3, 0.4) is 0 Å². The highest BCUT2D eigenvalue weighted by molar-refractivity contribution is 5.89. The molecule has 1 N–H and O–H groups in total. The molecular formula is C17H17F3N4O3. The van der Waals surface area contributed by atoms with Gasteiger partial charge in [0.15, 0.2) is 5.82 Å². The Kier molecular flexibility index (Phi) is 5.15. The summed E-state index contributed by atoms with van der Waals surface area (Å²) in [5, 5.41) is 6.35. The Hall–Kier alpha value is -2.91. The van der Waals surface area contributed by atoms with Crippen molar-refractivity contribution in [3.8, 4) is 0 Å². The first kappa shape index (κ1) is 18.9. The van der Waals surface area contributed by atoms with Crippen molar-refractivity contribution in [1.29, 1.82) is 0 Å². The Morgan fingerprint density at radius 3 is 2.89 bits per heavy atom. The number of carbonyl (C=O) groups excluding carboxylic acids is 2. The smallest absolute Gasteiger partial charge is 0.346 e. The van der Waals surface area contributed by atoms with Crippen molar-refractivity contribution in [2.75, 3.05) is 6.54 Å². The number of alkyl halides is 3. The molecule has 0 radical (unpaired) electrons. The number of rotatable bonds is 5. The molecule has 1 aliphatic heterocycles. The molecule has 2 atom stereocenters. The number of likely N-dealkylation sites (tertiary alicyclic amines) is 1. The minimum Gasteiger partial charge on any atom is -0.346 e. The van der Waals surface area contributed by atoms with Crippen LogP contribution in [0, 0.1) is 5.92 Å². The average molecular weight is 382 g/mol. The van der Waals surface area contributed by atoms with Crippen LogP contribution in [0.5, 0.6) is 0 Å². The van der Waals surface area contributed by atoms with E-state index in [4.69, 9.17) is 0 Å². The molecule has 0 spiro atoms. The largest absolute Gasteiger partial charge is 0.416 e. The monoisotopic (exact) mass is 382 g/mol. The van der Waals surface area contributed by atoms with Crippen molar-refractivity contribution in [3.63, 3.8) is 0 Å². The maximum Gasteiger partial charge on any atom is 0.416 e. The van der Waals surface area contributed by atoms with Gasteiger partial charge in [-0.3, -0.25) is 9.59 Å². The van der Waals surface area contributed by atoms with E-state index in [-0.39, 0.29) is 31.3 Å². The van der Waals surface area contributed by atoms with Gasteiger partial charge in [0.25, 0.3) is 0 Å². The van der Waals surface area contributed by atoms with E-state index in [1.165, 1.54) is 17.0 Å². The highest BCUT2D eigenvalue weighted by atomic mass is 19.4. The highest BCUT2D eigenvalue weighted by Crippen LogP contribution is 2.30. The Balaban J connectivity index is 1.61. The van der Waals surface area contributed by atoms with Gasteiger partial charge in [-0.2, -0.15) is 18.2 Å². The van der Waals surface area contributed by atoms with E-state index in [2.05, 4.69) is 20.0 Å². The van der Waals surface area contributed by atoms with Crippen molar-refractivity contribution in [2.45, 2.75) is 32.1 Å². The van der Waals surface area contributed by atoms with E-state index in [9.17, 15) is 22.8 Å². The van der Waals surface area contributed by atoms with Crippen molar-refractivity contribution in [1.82, 2.24) is 20.4 Å². The Bertz CT molecular complexity index is 823. The lowest BCUT2D eigenvalue weighted by molar-refractivity contribution is -0.137. The van der Waals surface area contributed by atoms with Gasteiger partial charge in [-0.05, 0) is 24.6 Å². The standard InChI is InChI=1S/C17H17F3N4O3/c1-10(15-21-9-27-23-15)22-16(26)12-6-14(25)24(8-12)7-11-3-2-4-13(5-11)17(18,19)20/h2-5,9-10,12H,6-8H2,1H3,(H,22,26)/t10-,12-/m1/s1. The second-order valence-electron chi connectivity index (χ2n) is 6.39. The molecule has 0 aliphatic carbocycles. The fraction of sp³-hybridized carbons (Fsp3) is 0.412. The second-order valence-corrected chi connectivity index (χ2v) is 6.39. The van der Waals surface area contributed by atoms with Gasteiger partial charge in [0.05, 0.1) is 17.5 Å². The van der Waals surface area contributed by atoms with Crippen molar-refractivity contribution >= 4 is 11.8 Å². The van der Waals surface area contributed by atoms with Gasteiger partial charge in [0.2, 0.25) is 18.2 Å². The van der Waals surface area contributed by atoms with Gasteiger partial charge in [0.1, 0.15) is 0 Å². The first-order valence-electron chi connectivity index (χ1n) is 8.24. The fourth-order valence-corrected chi connectivity index (χ4v) is 2.93. The molecule has 2 heterocycles. The van der Waals surface area contributed by atoms with Crippen LogP contribution in [0.2, 0.25) is 0 Å². The summed E-state index contributed by atoms with van der Waals surface area (Å²) in [7, 11) is 0. The summed E-state index contributed by atoms with van der Waals surface area (Å²) in [4.78, 5) is 29.8. The highest BCUT2D eigenvalue weighted by Gasteiger charge is 2.35. The third-order valence-corrected chi connectivity index (χ3v) is 4.34. The normalized spacial score (nSPS) is 18.6. The predicted octanol–water partition coefficient (Wildman–Crippen LogP) is 2.31. The fourth-order valence-electron chi connectivity index (χ4n) is 2.93.